The van der Waals surface area contributed by atoms with Crippen LogP contribution in [0.15, 0.2) is 35.2 Å². The van der Waals surface area contributed by atoms with E-state index in [-0.39, 0.29) is 10.8 Å². The highest BCUT2D eigenvalue weighted by atomic mass is 32.2. The van der Waals surface area contributed by atoms with Crippen LogP contribution in [0, 0.1) is 6.92 Å². The summed E-state index contributed by atoms with van der Waals surface area (Å²) < 4.78 is 28.9. The number of pyridine rings is 1. The van der Waals surface area contributed by atoms with Crippen molar-refractivity contribution in [1.82, 2.24) is 18.8 Å². The van der Waals surface area contributed by atoms with Crippen molar-refractivity contribution in [3.8, 4) is 0 Å². The Morgan fingerprint density at radius 1 is 1.09 bits per heavy atom. The smallest absolute Gasteiger partial charge is 0.258 e. The minimum Gasteiger partial charge on any atom is -0.322 e. The third kappa shape index (κ3) is 4.14. The first-order valence-corrected chi connectivity index (χ1v) is 12.6. The van der Waals surface area contributed by atoms with E-state index in [2.05, 4.69) is 14.9 Å². The summed E-state index contributed by atoms with van der Waals surface area (Å²) in [6, 6.07) is 8.03. The molecular formula is C23H29N5O3S. The van der Waals surface area contributed by atoms with Gasteiger partial charge in [-0.25, -0.2) is 18.4 Å². The van der Waals surface area contributed by atoms with E-state index in [4.69, 9.17) is 4.98 Å². The number of carbonyl (C=O) groups is 1. The van der Waals surface area contributed by atoms with E-state index in [1.54, 1.807) is 18.2 Å². The summed E-state index contributed by atoms with van der Waals surface area (Å²) >= 11 is 0. The second kappa shape index (κ2) is 8.99. The molecule has 0 unspecified atom stereocenters. The van der Waals surface area contributed by atoms with E-state index in [1.165, 1.54) is 22.9 Å². The first-order chi connectivity index (χ1) is 15.3. The highest BCUT2D eigenvalue weighted by Crippen LogP contribution is 2.25. The maximum Gasteiger partial charge on any atom is 0.258 e. The molecule has 3 aromatic rings. The number of sulfonamides is 1. The number of aromatic nitrogens is 3. The zero-order valence-electron chi connectivity index (χ0n) is 18.8. The Hall–Kier alpha value is -2.78. The van der Waals surface area contributed by atoms with Crippen LogP contribution in [0.25, 0.3) is 11.2 Å². The van der Waals surface area contributed by atoms with Gasteiger partial charge in [-0.1, -0.05) is 20.3 Å². The number of nitrogens with zero attached hydrogens (tertiary/aromatic N) is 4. The fraction of sp³-hybridized carbons (Fsp3) is 0.435. The average Bonchev–Trinajstić information content (AvgIpc) is 2.94. The lowest BCUT2D eigenvalue weighted by atomic mass is 10.1. The van der Waals surface area contributed by atoms with Crippen LogP contribution in [0.5, 0.6) is 0 Å². The number of amides is 1. The van der Waals surface area contributed by atoms with E-state index in [0.29, 0.717) is 29.9 Å². The van der Waals surface area contributed by atoms with E-state index >= 15 is 0 Å². The van der Waals surface area contributed by atoms with Gasteiger partial charge >= 0.3 is 0 Å². The van der Waals surface area contributed by atoms with Crippen LogP contribution in [-0.4, -0.2) is 46.3 Å². The molecule has 0 fully saturated rings. The van der Waals surface area contributed by atoms with Crippen LogP contribution in [0.2, 0.25) is 0 Å². The molecule has 1 N–H and O–H groups in total. The highest BCUT2D eigenvalue weighted by molar-refractivity contribution is 7.89. The molecule has 0 saturated heterocycles. The van der Waals surface area contributed by atoms with Gasteiger partial charge in [0.15, 0.2) is 5.65 Å². The normalized spacial score (nSPS) is 14.4. The van der Waals surface area contributed by atoms with Gasteiger partial charge < -0.3 is 9.88 Å². The van der Waals surface area contributed by atoms with Crippen molar-refractivity contribution in [2.75, 3.05) is 18.4 Å². The monoisotopic (exact) mass is 455 g/mol. The maximum absolute atomic E-state index is 13.1. The number of anilines is 1. The average molecular weight is 456 g/mol. The minimum atomic E-state index is -3.54. The third-order valence-corrected chi connectivity index (χ3v) is 7.96. The SMILES string of the molecule is CCN(CC)S(=O)(=O)c1ccc(NC(=O)c2cc(C)nc3c2nc2n3CCCCC2)cc1. The molecule has 1 amide bonds. The van der Waals surface area contributed by atoms with E-state index < -0.39 is 10.0 Å². The molecule has 0 bridgehead atoms. The predicted octanol–water partition coefficient (Wildman–Crippen LogP) is 3.75. The summed E-state index contributed by atoms with van der Waals surface area (Å²) in [5.41, 5.74) is 3.14. The van der Waals surface area contributed by atoms with Crippen molar-refractivity contribution in [1.29, 1.82) is 0 Å². The molecule has 4 rings (SSSR count). The van der Waals surface area contributed by atoms with Gasteiger partial charge in [-0.05, 0) is 50.1 Å². The number of imidazole rings is 1. The largest absolute Gasteiger partial charge is 0.322 e. The summed E-state index contributed by atoms with van der Waals surface area (Å²) in [7, 11) is -3.54. The Morgan fingerprint density at radius 2 is 1.81 bits per heavy atom. The summed E-state index contributed by atoms with van der Waals surface area (Å²) in [4.78, 5) is 22.8. The fourth-order valence-corrected chi connectivity index (χ4v) is 5.67. The number of carbonyl (C=O) groups excluding carboxylic acids is 1. The minimum absolute atomic E-state index is 0.208. The van der Waals surface area contributed by atoms with Crippen LogP contribution in [0.4, 0.5) is 5.69 Å². The molecule has 32 heavy (non-hydrogen) atoms. The number of rotatable bonds is 6. The molecule has 0 radical (unpaired) electrons. The zero-order chi connectivity index (χ0) is 22.9. The van der Waals surface area contributed by atoms with Crippen LogP contribution in [0.1, 0.15) is 55.0 Å². The van der Waals surface area contributed by atoms with Crippen molar-refractivity contribution in [3.05, 3.63) is 47.4 Å². The molecule has 1 aliphatic rings. The van der Waals surface area contributed by atoms with E-state index in [9.17, 15) is 13.2 Å². The maximum atomic E-state index is 13.1. The van der Waals surface area contributed by atoms with Gasteiger partial charge in [0, 0.05) is 37.4 Å². The van der Waals surface area contributed by atoms with Gasteiger partial charge in [0.2, 0.25) is 10.0 Å². The molecule has 170 valence electrons. The standard InChI is InChI=1S/C23H29N5O3S/c1-4-27(5-2)32(30,31)18-12-10-17(11-13-18)25-23(29)19-15-16(3)24-22-21(19)26-20-9-7-6-8-14-28(20)22/h10-13,15H,4-9,14H2,1-3H3,(H,25,29). The zero-order valence-corrected chi connectivity index (χ0v) is 19.6. The number of nitrogens with one attached hydrogen (secondary N) is 1. The molecule has 0 saturated carbocycles. The molecule has 3 heterocycles. The molecule has 2 aromatic heterocycles. The molecule has 9 heteroatoms. The second-order valence-corrected chi connectivity index (χ2v) is 9.98. The highest BCUT2D eigenvalue weighted by Gasteiger charge is 2.23. The van der Waals surface area contributed by atoms with Crippen molar-refractivity contribution in [3.63, 3.8) is 0 Å². The summed E-state index contributed by atoms with van der Waals surface area (Å²) in [5.74, 6) is 0.698. The Bertz CT molecular complexity index is 1240. The van der Waals surface area contributed by atoms with Gasteiger partial charge in [-0.15, -0.1) is 0 Å². The lowest BCUT2D eigenvalue weighted by Crippen LogP contribution is -2.30. The predicted molar refractivity (Wildman–Crippen MR) is 124 cm³/mol. The quantitative estimate of drug-likeness (QED) is 0.611. The second-order valence-electron chi connectivity index (χ2n) is 8.04. The molecule has 8 nitrogen and oxygen atoms in total. The van der Waals surface area contributed by atoms with Gasteiger partial charge in [0.25, 0.3) is 5.91 Å². The summed E-state index contributed by atoms with van der Waals surface area (Å²) in [6.45, 7) is 7.17. The van der Waals surface area contributed by atoms with Crippen molar-refractivity contribution >= 4 is 32.8 Å². The number of hydrogen-bond acceptors (Lipinski definition) is 5. The van der Waals surface area contributed by atoms with Crippen LogP contribution in [-0.2, 0) is 23.0 Å². The number of hydrogen-bond donors (Lipinski definition) is 1. The van der Waals surface area contributed by atoms with Crippen LogP contribution >= 0.6 is 0 Å². The molecule has 0 atom stereocenters. The van der Waals surface area contributed by atoms with E-state index in [1.807, 2.05) is 20.8 Å². The van der Waals surface area contributed by atoms with Crippen molar-refractivity contribution < 1.29 is 13.2 Å². The van der Waals surface area contributed by atoms with Gasteiger partial charge in [0.05, 0.1) is 10.5 Å². The Morgan fingerprint density at radius 3 is 2.50 bits per heavy atom. The lowest BCUT2D eigenvalue weighted by Gasteiger charge is -2.18. The van der Waals surface area contributed by atoms with Gasteiger partial charge in [0.1, 0.15) is 11.3 Å². The van der Waals surface area contributed by atoms with Crippen molar-refractivity contribution in [2.45, 2.75) is 57.9 Å². The van der Waals surface area contributed by atoms with Gasteiger partial charge in [-0.3, -0.25) is 4.79 Å². The number of aryl methyl sites for hydroxylation is 3. The van der Waals surface area contributed by atoms with E-state index in [0.717, 1.165) is 43.0 Å². The molecule has 0 spiro atoms. The molecule has 1 aliphatic heterocycles. The Labute approximate surface area is 188 Å². The van der Waals surface area contributed by atoms with Crippen LogP contribution in [0.3, 0.4) is 0 Å². The molecule has 0 aliphatic carbocycles. The lowest BCUT2D eigenvalue weighted by molar-refractivity contribution is 0.102. The Kier molecular flexibility index (Phi) is 6.30. The number of benzene rings is 1. The summed E-state index contributed by atoms with van der Waals surface area (Å²) in [5, 5.41) is 2.88. The van der Waals surface area contributed by atoms with Crippen LogP contribution < -0.4 is 5.32 Å². The first kappa shape index (κ1) is 22.4. The van der Waals surface area contributed by atoms with Gasteiger partial charge in [-0.2, -0.15) is 4.31 Å². The summed E-state index contributed by atoms with van der Waals surface area (Å²) in [6.07, 6.45) is 4.23. The Balaban J connectivity index is 1.62. The fourth-order valence-electron chi connectivity index (χ4n) is 4.21. The number of fused-ring (bicyclic) bond motifs is 3. The topological polar surface area (TPSA) is 97.2 Å². The first-order valence-electron chi connectivity index (χ1n) is 11.1. The molecular weight excluding hydrogens is 426 g/mol. The third-order valence-electron chi connectivity index (χ3n) is 5.89. The van der Waals surface area contributed by atoms with Crippen molar-refractivity contribution in [2.24, 2.45) is 0 Å². The molecule has 1 aromatic carbocycles.